The van der Waals surface area contributed by atoms with Crippen LogP contribution in [-0.2, 0) is 10.2 Å². The van der Waals surface area contributed by atoms with Gasteiger partial charge in [0.05, 0.1) is 16.1 Å². The molecule has 3 rings (SSSR count). The molecular formula is C25H31Cl3FN3O. The van der Waals surface area contributed by atoms with E-state index in [1.165, 1.54) is 6.07 Å². The molecule has 1 saturated heterocycles. The third-order valence-electron chi connectivity index (χ3n) is 6.77. The minimum absolute atomic E-state index is 0.0695. The fourth-order valence-corrected chi connectivity index (χ4v) is 6.17. The lowest BCUT2D eigenvalue weighted by Crippen LogP contribution is -2.51. The molecule has 1 aliphatic rings. The van der Waals surface area contributed by atoms with Crippen LogP contribution in [0.15, 0.2) is 36.4 Å². The van der Waals surface area contributed by atoms with Crippen LogP contribution in [0.25, 0.3) is 0 Å². The minimum Gasteiger partial charge on any atom is -0.368 e. The van der Waals surface area contributed by atoms with Crippen LogP contribution in [0.3, 0.4) is 0 Å². The molecule has 2 aromatic carbocycles. The molecule has 0 aliphatic carbocycles. The standard InChI is InChI=1S/C25H31Cl3FN3O/c1-5-32-19(12-24(2,3)4)25(13-30,16-10-9-14(26)11-18(16)29)20(22(32)23(31)33)15-7-6-8-17(27)21(15)28/h6-11,19-20,22H,5,12-13,30H2,1-4H3,(H2,31,33)/t19-,20+,22+,25-/m0/s1. The van der Waals surface area contributed by atoms with Crippen molar-refractivity contribution in [1.82, 2.24) is 4.90 Å². The maximum atomic E-state index is 15.6. The molecule has 0 bridgehead atoms. The molecule has 4 atom stereocenters. The zero-order valence-corrected chi connectivity index (χ0v) is 21.6. The number of hydrogen-bond acceptors (Lipinski definition) is 3. The summed E-state index contributed by atoms with van der Waals surface area (Å²) in [6.45, 7) is 8.89. The summed E-state index contributed by atoms with van der Waals surface area (Å²) in [6, 6.07) is 8.83. The van der Waals surface area contributed by atoms with E-state index in [0.717, 1.165) is 0 Å². The van der Waals surface area contributed by atoms with Gasteiger partial charge in [-0.3, -0.25) is 9.69 Å². The van der Waals surface area contributed by atoms with E-state index >= 15 is 4.39 Å². The van der Waals surface area contributed by atoms with Crippen molar-refractivity contribution in [3.63, 3.8) is 0 Å². The Balaban J connectivity index is 2.45. The maximum Gasteiger partial charge on any atom is 0.235 e. The summed E-state index contributed by atoms with van der Waals surface area (Å²) in [6.07, 6.45) is 0.651. The number of likely N-dealkylation sites (tertiary alicyclic amines) is 1. The lowest BCUT2D eigenvalue weighted by Gasteiger charge is -2.43. The highest BCUT2D eigenvalue weighted by Crippen LogP contribution is 2.56. The maximum absolute atomic E-state index is 15.6. The van der Waals surface area contributed by atoms with Gasteiger partial charge in [-0.1, -0.05) is 80.7 Å². The molecule has 0 aromatic heterocycles. The van der Waals surface area contributed by atoms with Gasteiger partial charge in [0.2, 0.25) is 5.91 Å². The highest BCUT2D eigenvalue weighted by Gasteiger charge is 2.62. The van der Waals surface area contributed by atoms with Crippen molar-refractivity contribution in [3.8, 4) is 0 Å². The van der Waals surface area contributed by atoms with Gasteiger partial charge in [0.1, 0.15) is 5.82 Å². The second-order valence-electron chi connectivity index (χ2n) is 9.95. The summed E-state index contributed by atoms with van der Waals surface area (Å²) in [5.74, 6) is -1.60. The first-order valence-corrected chi connectivity index (χ1v) is 12.2. The smallest absolute Gasteiger partial charge is 0.235 e. The number of hydrogen-bond donors (Lipinski definition) is 2. The summed E-state index contributed by atoms with van der Waals surface area (Å²) in [5, 5.41) is 0.946. The van der Waals surface area contributed by atoms with Gasteiger partial charge in [-0.2, -0.15) is 0 Å². The summed E-state index contributed by atoms with van der Waals surface area (Å²) < 4.78 is 15.6. The number of halogens is 4. The van der Waals surface area contributed by atoms with E-state index in [1.54, 1.807) is 24.3 Å². The Kier molecular flexibility index (Phi) is 7.72. The first kappa shape index (κ1) is 26.2. The fraction of sp³-hybridized carbons (Fsp3) is 0.480. The van der Waals surface area contributed by atoms with Gasteiger partial charge >= 0.3 is 0 Å². The van der Waals surface area contributed by atoms with Crippen molar-refractivity contribution < 1.29 is 9.18 Å². The van der Waals surface area contributed by atoms with Crippen LogP contribution in [0.4, 0.5) is 4.39 Å². The molecule has 0 spiro atoms. The van der Waals surface area contributed by atoms with Crippen LogP contribution in [0.5, 0.6) is 0 Å². The SMILES string of the molecule is CCN1[C@@H](CC(C)(C)C)[C@](CN)(c2ccc(Cl)cc2F)[C@H](c2cccc(Cl)c2Cl)[C@@H]1C(N)=O. The zero-order chi connectivity index (χ0) is 24.7. The number of benzene rings is 2. The van der Waals surface area contributed by atoms with E-state index < -0.39 is 29.1 Å². The zero-order valence-electron chi connectivity index (χ0n) is 19.3. The Hall–Kier alpha value is -1.37. The van der Waals surface area contributed by atoms with E-state index in [0.29, 0.717) is 34.1 Å². The monoisotopic (exact) mass is 513 g/mol. The third kappa shape index (κ3) is 4.63. The van der Waals surface area contributed by atoms with Crippen LogP contribution in [0, 0.1) is 11.2 Å². The molecule has 4 N–H and O–H groups in total. The molecule has 0 radical (unpaired) electrons. The van der Waals surface area contributed by atoms with Gasteiger partial charge in [0.25, 0.3) is 0 Å². The predicted octanol–water partition coefficient (Wildman–Crippen LogP) is 5.76. The van der Waals surface area contributed by atoms with E-state index in [-0.39, 0.29) is 23.0 Å². The highest BCUT2D eigenvalue weighted by atomic mass is 35.5. The lowest BCUT2D eigenvalue weighted by molar-refractivity contribution is -0.123. The summed E-state index contributed by atoms with van der Waals surface area (Å²) in [5.41, 5.74) is 12.4. The van der Waals surface area contributed by atoms with E-state index in [9.17, 15) is 4.79 Å². The van der Waals surface area contributed by atoms with Crippen LogP contribution >= 0.6 is 34.8 Å². The number of primary amides is 1. The molecule has 1 heterocycles. The molecular weight excluding hydrogens is 484 g/mol. The summed E-state index contributed by atoms with van der Waals surface area (Å²) in [7, 11) is 0. The second-order valence-corrected chi connectivity index (χ2v) is 11.2. The molecule has 1 fully saturated rings. The minimum atomic E-state index is -1.01. The van der Waals surface area contributed by atoms with E-state index in [4.69, 9.17) is 46.3 Å². The van der Waals surface area contributed by atoms with E-state index in [2.05, 4.69) is 25.7 Å². The van der Waals surface area contributed by atoms with Crippen molar-refractivity contribution in [2.24, 2.45) is 16.9 Å². The van der Waals surface area contributed by atoms with Crippen molar-refractivity contribution in [3.05, 3.63) is 68.4 Å². The first-order chi connectivity index (χ1) is 15.4. The van der Waals surface area contributed by atoms with Crippen LogP contribution < -0.4 is 11.5 Å². The molecule has 0 saturated carbocycles. The van der Waals surface area contributed by atoms with Gasteiger partial charge in [-0.25, -0.2) is 4.39 Å². The molecule has 8 heteroatoms. The third-order valence-corrected chi connectivity index (χ3v) is 7.84. The Bertz CT molecular complexity index is 1040. The topological polar surface area (TPSA) is 72.3 Å². The molecule has 1 aliphatic heterocycles. The number of nitrogens with zero attached hydrogens (tertiary/aromatic N) is 1. The summed E-state index contributed by atoms with van der Waals surface area (Å²) >= 11 is 19.2. The molecule has 4 nitrogen and oxygen atoms in total. The number of carbonyl (C=O) groups is 1. The Labute approximate surface area is 210 Å². The predicted molar refractivity (Wildman–Crippen MR) is 135 cm³/mol. The van der Waals surface area contributed by atoms with Gasteiger partial charge < -0.3 is 11.5 Å². The number of likely N-dealkylation sites (N-methyl/N-ethyl adjacent to an activating group) is 1. The van der Waals surface area contributed by atoms with Crippen molar-refractivity contribution in [1.29, 1.82) is 0 Å². The Morgan fingerprint density at radius 3 is 2.36 bits per heavy atom. The highest BCUT2D eigenvalue weighted by molar-refractivity contribution is 6.42. The van der Waals surface area contributed by atoms with Crippen molar-refractivity contribution >= 4 is 40.7 Å². The van der Waals surface area contributed by atoms with Gasteiger partial charge in [-0.05, 0) is 47.7 Å². The van der Waals surface area contributed by atoms with Crippen LogP contribution in [-0.4, -0.2) is 36.0 Å². The van der Waals surface area contributed by atoms with Crippen LogP contribution in [0.2, 0.25) is 15.1 Å². The Morgan fingerprint density at radius 2 is 1.85 bits per heavy atom. The quantitative estimate of drug-likeness (QED) is 0.515. The number of nitrogens with two attached hydrogens (primary N) is 2. The number of amides is 1. The summed E-state index contributed by atoms with van der Waals surface area (Å²) in [4.78, 5) is 15.0. The number of carbonyl (C=O) groups excluding carboxylic acids is 1. The normalized spacial score (nSPS) is 26.0. The number of rotatable bonds is 6. The van der Waals surface area contributed by atoms with Crippen molar-refractivity contribution in [2.75, 3.05) is 13.1 Å². The van der Waals surface area contributed by atoms with Gasteiger partial charge in [-0.15, -0.1) is 0 Å². The Morgan fingerprint density at radius 1 is 1.18 bits per heavy atom. The van der Waals surface area contributed by atoms with Crippen molar-refractivity contribution in [2.45, 2.75) is 57.5 Å². The molecule has 33 heavy (non-hydrogen) atoms. The molecule has 1 amide bonds. The molecule has 2 aromatic rings. The molecule has 180 valence electrons. The fourth-order valence-electron chi connectivity index (χ4n) is 5.59. The first-order valence-electron chi connectivity index (χ1n) is 11.0. The lowest BCUT2D eigenvalue weighted by atomic mass is 9.62. The van der Waals surface area contributed by atoms with Gasteiger partial charge in [0.15, 0.2) is 0 Å². The van der Waals surface area contributed by atoms with Crippen LogP contribution in [0.1, 0.15) is 51.2 Å². The van der Waals surface area contributed by atoms with E-state index in [1.807, 2.05) is 13.0 Å². The second kappa shape index (κ2) is 9.71. The van der Waals surface area contributed by atoms with Gasteiger partial charge in [0, 0.05) is 28.9 Å². The average Bonchev–Trinajstić information content (AvgIpc) is 2.98. The largest absolute Gasteiger partial charge is 0.368 e. The average molecular weight is 515 g/mol. The molecule has 0 unspecified atom stereocenters.